The van der Waals surface area contributed by atoms with E-state index >= 15 is 0 Å². The number of hydrogen-bond donors (Lipinski definition) is 4. The van der Waals surface area contributed by atoms with Crippen LogP contribution in [0.5, 0.6) is 23.0 Å². The van der Waals surface area contributed by atoms with E-state index in [2.05, 4.69) is 6.92 Å². The van der Waals surface area contributed by atoms with Crippen LogP contribution >= 0.6 is 0 Å². The molecule has 4 aromatic carbocycles. The molecule has 0 heterocycles. The lowest BCUT2D eigenvalue weighted by molar-refractivity contribution is -0.135. The van der Waals surface area contributed by atoms with E-state index in [9.17, 15) is 30.0 Å². The molecule has 0 saturated heterocycles. The van der Waals surface area contributed by atoms with E-state index in [4.69, 9.17) is 0 Å². The van der Waals surface area contributed by atoms with Gasteiger partial charge in [0, 0.05) is 49.6 Å². The summed E-state index contributed by atoms with van der Waals surface area (Å²) in [7, 11) is 1.82. The molecule has 6 rings (SSSR count). The first-order valence-corrected chi connectivity index (χ1v) is 22.3. The van der Waals surface area contributed by atoms with Crippen molar-refractivity contribution in [1.82, 2.24) is 9.80 Å². The Morgan fingerprint density at radius 3 is 1.69 bits per heavy atom. The van der Waals surface area contributed by atoms with Crippen LogP contribution in [0.15, 0.2) is 60.7 Å². The summed E-state index contributed by atoms with van der Waals surface area (Å²) < 4.78 is 0. The molecular formula is C51H66N2O6. The number of phenolic OH excluding ortho intramolecular Hbond substituents is 4. The quantitative estimate of drug-likeness (QED) is 0.0701. The largest absolute Gasteiger partial charge is 0.507 e. The van der Waals surface area contributed by atoms with Gasteiger partial charge < -0.3 is 30.2 Å². The number of carbonyl (C=O) groups excluding carboxylic acids is 2. The molecule has 316 valence electrons. The van der Waals surface area contributed by atoms with Crippen molar-refractivity contribution in [2.24, 2.45) is 5.92 Å². The maximum atomic E-state index is 13.9. The van der Waals surface area contributed by atoms with Gasteiger partial charge in [0.15, 0.2) is 0 Å². The number of rotatable bonds is 19. The lowest BCUT2D eigenvalue weighted by atomic mass is 9.88. The average Bonchev–Trinajstić information content (AvgIpc) is 4.06. The predicted molar refractivity (Wildman–Crippen MR) is 237 cm³/mol. The van der Waals surface area contributed by atoms with Gasteiger partial charge in [0.2, 0.25) is 11.8 Å². The van der Waals surface area contributed by atoms with E-state index < -0.39 is 0 Å². The molecule has 2 amide bonds. The van der Waals surface area contributed by atoms with Crippen molar-refractivity contribution < 1.29 is 30.0 Å². The molecule has 8 nitrogen and oxygen atoms in total. The molecule has 0 radical (unpaired) electrons. The molecule has 2 aliphatic carbocycles. The summed E-state index contributed by atoms with van der Waals surface area (Å²) >= 11 is 0. The zero-order chi connectivity index (χ0) is 42.1. The molecular weight excluding hydrogens is 737 g/mol. The molecule has 0 unspecified atom stereocenters. The van der Waals surface area contributed by atoms with Crippen LogP contribution in [0.2, 0.25) is 0 Å². The van der Waals surface area contributed by atoms with E-state index in [1.807, 2.05) is 74.3 Å². The van der Waals surface area contributed by atoms with Gasteiger partial charge in [-0.3, -0.25) is 9.59 Å². The Hall–Kier alpha value is -4.98. The lowest BCUT2D eigenvalue weighted by Crippen LogP contribution is -2.33. The number of amides is 2. The standard InChI is InChI=1S/C51H66N2O6/c1-5-6-10-21-38-31-45(55)48(40-24-16-18-35(3)29-40)50(58)43(38)33-53(41-26-27-41)46(56)25-14-8-7-11-22-37-30-44(54)47(39-23-15-17-34(2)28-39)49(57)42(37)32-52(4)51(59)36-19-12-9-13-20-36/h15-18,23-24,28-31,36,41,54-55,57-58H,5-14,19-22,25-27,32-33H2,1-4H3. The van der Waals surface area contributed by atoms with Crippen LogP contribution in [0.25, 0.3) is 22.3 Å². The smallest absolute Gasteiger partial charge is 0.225 e. The lowest BCUT2D eigenvalue weighted by Gasteiger charge is -2.28. The normalized spacial score (nSPS) is 14.4. The van der Waals surface area contributed by atoms with E-state index in [1.165, 1.54) is 6.42 Å². The second-order valence-electron chi connectivity index (χ2n) is 17.4. The van der Waals surface area contributed by atoms with Gasteiger partial charge in [-0.15, -0.1) is 0 Å². The molecule has 0 atom stereocenters. The van der Waals surface area contributed by atoms with Crippen LogP contribution in [-0.4, -0.2) is 55.1 Å². The molecule has 8 heteroatoms. The highest BCUT2D eigenvalue weighted by molar-refractivity contribution is 5.82. The number of unbranched alkanes of at least 4 members (excludes halogenated alkanes) is 5. The summed E-state index contributed by atoms with van der Waals surface area (Å²) in [5, 5.41) is 46.0. The van der Waals surface area contributed by atoms with Crippen LogP contribution < -0.4 is 0 Å². The minimum Gasteiger partial charge on any atom is -0.507 e. The zero-order valence-electron chi connectivity index (χ0n) is 35.9. The third-order valence-corrected chi connectivity index (χ3v) is 12.6. The van der Waals surface area contributed by atoms with Crippen molar-refractivity contribution in [1.29, 1.82) is 0 Å². The van der Waals surface area contributed by atoms with Crippen LogP contribution in [0.1, 0.15) is 137 Å². The van der Waals surface area contributed by atoms with Crippen molar-refractivity contribution in [3.8, 4) is 45.3 Å². The minimum absolute atomic E-state index is 0.0157. The van der Waals surface area contributed by atoms with E-state index in [0.29, 0.717) is 36.1 Å². The Balaban J connectivity index is 1.12. The summed E-state index contributed by atoms with van der Waals surface area (Å²) in [5.74, 6) is 0.399. The molecule has 0 aliphatic heterocycles. The van der Waals surface area contributed by atoms with E-state index in [-0.39, 0.29) is 53.3 Å². The van der Waals surface area contributed by atoms with E-state index in [1.54, 1.807) is 17.0 Å². The molecule has 0 aromatic heterocycles. The van der Waals surface area contributed by atoms with Gasteiger partial charge in [-0.2, -0.15) is 0 Å². The van der Waals surface area contributed by atoms with Crippen LogP contribution in [0.4, 0.5) is 0 Å². The Labute approximate surface area is 351 Å². The average molecular weight is 803 g/mol. The Kier molecular flexibility index (Phi) is 15.0. The molecule has 2 saturated carbocycles. The van der Waals surface area contributed by atoms with Crippen LogP contribution in [0, 0.1) is 19.8 Å². The van der Waals surface area contributed by atoms with E-state index in [0.717, 1.165) is 129 Å². The fourth-order valence-electron chi connectivity index (χ4n) is 9.07. The fourth-order valence-corrected chi connectivity index (χ4v) is 9.07. The van der Waals surface area contributed by atoms with Gasteiger partial charge in [0.1, 0.15) is 23.0 Å². The van der Waals surface area contributed by atoms with Crippen LogP contribution in [-0.2, 0) is 35.5 Å². The van der Waals surface area contributed by atoms with Gasteiger partial charge >= 0.3 is 0 Å². The number of hydrogen-bond acceptors (Lipinski definition) is 6. The number of phenols is 4. The number of benzene rings is 4. The number of carbonyl (C=O) groups is 2. The number of nitrogens with zero attached hydrogens (tertiary/aromatic N) is 2. The molecule has 0 spiro atoms. The number of aryl methyl sites for hydroxylation is 4. The summed E-state index contributed by atoms with van der Waals surface area (Å²) in [6.07, 6.45) is 15.1. The summed E-state index contributed by atoms with van der Waals surface area (Å²) in [4.78, 5) is 31.1. The van der Waals surface area contributed by atoms with Crippen molar-refractivity contribution >= 4 is 11.8 Å². The fraction of sp³-hybridized carbons (Fsp3) is 0.490. The molecule has 59 heavy (non-hydrogen) atoms. The molecule has 4 N–H and O–H groups in total. The Bertz CT molecular complexity index is 2080. The Morgan fingerprint density at radius 2 is 1.17 bits per heavy atom. The van der Waals surface area contributed by atoms with Crippen molar-refractivity contribution in [2.75, 3.05) is 7.05 Å². The SMILES string of the molecule is CCCCCc1cc(O)c(-c2cccc(C)c2)c(O)c1CN(C(=O)CCCCCCc1cc(O)c(-c2cccc(C)c2)c(O)c1CN(C)C(=O)C1CCCCC1)C1CC1. The van der Waals surface area contributed by atoms with Gasteiger partial charge in [-0.25, -0.2) is 0 Å². The maximum Gasteiger partial charge on any atom is 0.225 e. The van der Waals surface area contributed by atoms with Gasteiger partial charge in [-0.05, 0) is 106 Å². The third-order valence-electron chi connectivity index (χ3n) is 12.6. The first-order chi connectivity index (χ1) is 28.5. The maximum absolute atomic E-state index is 13.9. The zero-order valence-corrected chi connectivity index (χ0v) is 35.9. The van der Waals surface area contributed by atoms with Gasteiger partial charge in [0.25, 0.3) is 0 Å². The predicted octanol–water partition coefficient (Wildman–Crippen LogP) is 11.4. The first-order valence-electron chi connectivity index (χ1n) is 22.3. The highest BCUT2D eigenvalue weighted by atomic mass is 16.3. The highest BCUT2D eigenvalue weighted by Gasteiger charge is 2.34. The Morgan fingerprint density at radius 1 is 0.644 bits per heavy atom. The minimum atomic E-state index is 0.0157. The summed E-state index contributed by atoms with van der Waals surface area (Å²) in [6, 6.07) is 19.2. The molecule has 2 fully saturated rings. The molecule has 2 aliphatic rings. The topological polar surface area (TPSA) is 122 Å². The van der Waals surface area contributed by atoms with Gasteiger partial charge in [0.05, 0.1) is 11.1 Å². The third kappa shape index (κ3) is 11.0. The van der Waals surface area contributed by atoms with Crippen molar-refractivity contribution in [2.45, 2.75) is 149 Å². The number of aromatic hydroxyl groups is 4. The van der Waals surface area contributed by atoms with Crippen molar-refractivity contribution in [3.63, 3.8) is 0 Å². The summed E-state index contributed by atoms with van der Waals surface area (Å²) in [6.45, 7) is 6.72. The summed E-state index contributed by atoms with van der Waals surface area (Å²) in [5.41, 5.74) is 7.51. The highest BCUT2D eigenvalue weighted by Crippen LogP contribution is 2.45. The second kappa shape index (κ2) is 20.3. The van der Waals surface area contributed by atoms with Gasteiger partial charge in [-0.1, -0.05) is 112 Å². The van der Waals surface area contributed by atoms with Crippen molar-refractivity contribution in [3.05, 3.63) is 94.0 Å². The van der Waals surface area contributed by atoms with Crippen LogP contribution in [0.3, 0.4) is 0 Å². The molecule has 4 aromatic rings. The molecule has 0 bridgehead atoms. The second-order valence-corrected chi connectivity index (χ2v) is 17.4. The first kappa shape index (κ1) is 43.6. The monoisotopic (exact) mass is 802 g/mol.